The Bertz CT molecular complexity index is 805. The van der Waals surface area contributed by atoms with Crippen LogP contribution in [0.4, 0.5) is 0 Å². The Morgan fingerprint density at radius 1 is 1.27 bits per heavy atom. The average Bonchev–Trinajstić information content (AvgIpc) is 2.53. The van der Waals surface area contributed by atoms with Gasteiger partial charge in [-0.2, -0.15) is 0 Å². The lowest BCUT2D eigenvalue weighted by Crippen LogP contribution is -2.45. The Kier molecular flexibility index (Phi) is 4.46. The molecule has 1 aromatic rings. The number of carboxylic acid groups (broad SMARTS) is 2. The SMILES string of the molecule is CCCc1cc2c(c(O)c1C(=O)O)[C@@H]1C=C(C(=O)O)CC[C@H]1C(C)(C)O2. The second kappa shape index (κ2) is 6.34. The molecule has 6 nitrogen and oxygen atoms in total. The van der Waals surface area contributed by atoms with Crippen molar-refractivity contribution in [3.8, 4) is 11.5 Å². The number of aliphatic carboxylic acids is 1. The van der Waals surface area contributed by atoms with Crippen molar-refractivity contribution in [2.45, 2.75) is 58.0 Å². The van der Waals surface area contributed by atoms with Crippen molar-refractivity contribution in [3.63, 3.8) is 0 Å². The van der Waals surface area contributed by atoms with E-state index in [1.54, 1.807) is 12.1 Å². The Balaban J connectivity index is 2.26. The number of fused-ring (bicyclic) bond motifs is 3. The van der Waals surface area contributed by atoms with Crippen LogP contribution in [0.15, 0.2) is 17.7 Å². The number of hydrogen-bond acceptors (Lipinski definition) is 4. The number of aryl methyl sites for hydroxylation is 1. The molecule has 1 aliphatic carbocycles. The van der Waals surface area contributed by atoms with E-state index in [0.717, 1.165) is 6.42 Å². The molecule has 0 aromatic heterocycles. The summed E-state index contributed by atoms with van der Waals surface area (Å²) in [5, 5.41) is 29.8. The summed E-state index contributed by atoms with van der Waals surface area (Å²) >= 11 is 0. The molecule has 0 saturated carbocycles. The molecular weight excluding hydrogens is 336 g/mol. The van der Waals surface area contributed by atoms with Gasteiger partial charge in [-0.1, -0.05) is 19.4 Å². The Morgan fingerprint density at radius 3 is 2.54 bits per heavy atom. The van der Waals surface area contributed by atoms with Gasteiger partial charge in [0.25, 0.3) is 0 Å². The van der Waals surface area contributed by atoms with Gasteiger partial charge in [0.15, 0.2) is 0 Å². The fraction of sp³-hybridized carbons (Fsp3) is 0.500. The van der Waals surface area contributed by atoms with Gasteiger partial charge in [-0.3, -0.25) is 0 Å². The quantitative estimate of drug-likeness (QED) is 0.756. The lowest BCUT2D eigenvalue weighted by molar-refractivity contribution is -0.133. The van der Waals surface area contributed by atoms with E-state index in [2.05, 4.69) is 0 Å². The van der Waals surface area contributed by atoms with Gasteiger partial charge < -0.3 is 20.1 Å². The lowest BCUT2D eigenvalue weighted by atomic mass is 9.67. The second-order valence-electron chi connectivity index (χ2n) is 7.60. The highest BCUT2D eigenvalue weighted by Gasteiger charge is 2.47. The van der Waals surface area contributed by atoms with E-state index in [1.165, 1.54) is 0 Å². The molecule has 0 bridgehead atoms. The topological polar surface area (TPSA) is 104 Å². The Labute approximate surface area is 152 Å². The number of rotatable bonds is 4. The number of hydrogen-bond donors (Lipinski definition) is 3. The number of aromatic carboxylic acids is 1. The molecule has 1 aliphatic heterocycles. The molecule has 140 valence electrons. The van der Waals surface area contributed by atoms with Crippen molar-refractivity contribution < 1.29 is 29.6 Å². The smallest absolute Gasteiger partial charge is 0.339 e. The van der Waals surface area contributed by atoms with Crippen LogP contribution in [0.25, 0.3) is 0 Å². The maximum atomic E-state index is 11.8. The first kappa shape index (κ1) is 18.3. The second-order valence-corrected chi connectivity index (χ2v) is 7.60. The van der Waals surface area contributed by atoms with E-state index in [-0.39, 0.29) is 23.1 Å². The van der Waals surface area contributed by atoms with Crippen molar-refractivity contribution in [1.82, 2.24) is 0 Å². The summed E-state index contributed by atoms with van der Waals surface area (Å²) in [6, 6.07) is 1.70. The van der Waals surface area contributed by atoms with Crippen LogP contribution < -0.4 is 4.74 Å². The first-order chi connectivity index (χ1) is 12.2. The van der Waals surface area contributed by atoms with E-state index in [4.69, 9.17) is 4.74 Å². The van der Waals surface area contributed by atoms with Crippen LogP contribution in [0.2, 0.25) is 0 Å². The van der Waals surface area contributed by atoms with Crippen molar-refractivity contribution in [2.75, 3.05) is 0 Å². The fourth-order valence-electron chi connectivity index (χ4n) is 4.33. The molecule has 0 fully saturated rings. The zero-order valence-electron chi connectivity index (χ0n) is 15.2. The number of aromatic hydroxyl groups is 1. The summed E-state index contributed by atoms with van der Waals surface area (Å²) in [6.07, 6.45) is 3.94. The minimum absolute atomic E-state index is 0.0392. The number of allylic oxidation sites excluding steroid dienone is 1. The predicted molar refractivity (Wildman–Crippen MR) is 95.0 cm³/mol. The van der Waals surface area contributed by atoms with Crippen LogP contribution in [0.5, 0.6) is 11.5 Å². The highest BCUT2D eigenvalue weighted by atomic mass is 16.5. The largest absolute Gasteiger partial charge is 0.507 e. The molecule has 0 unspecified atom stereocenters. The zero-order valence-corrected chi connectivity index (χ0v) is 15.2. The molecule has 3 rings (SSSR count). The van der Waals surface area contributed by atoms with Crippen LogP contribution in [-0.2, 0) is 11.2 Å². The maximum Gasteiger partial charge on any atom is 0.339 e. The minimum atomic E-state index is -1.19. The van der Waals surface area contributed by atoms with Crippen LogP contribution in [0.1, 0.15) is 67.4 Å². The van der Waals surface area contributed by atoms with Crippen LogP contribution in [0, 0.1) is 5.92 Å². The van der Waals surface area contributed by atoms with E-state index >= 15 is 0 Å². The summed E-state index contributed by atoms with van der Waals surface area (Å²) < 4.78 is 6.16. The minimum Gasteiger partial charge on any atom is -0.507 e. The summed E-state index contributed by atoms with van der Waals surface area (Å²) in [6.45, 7) is 5.84. The summed E-state index contributed by atoms with van der Waals surface area (Å²) in [5.41, 5.74) is 0.569. The van der Waals surface area contributed by atoms with Crippen molar-refractivity contribution in [2.24, 2.45) is 5.92 Å². The maximum absolute atomic E-state index is 11.8. The lowest BCUT2D eigenvalue weighted by Gasteiger charge is -2.46. The molecule has 0 spiro atoms. The fourth-order valence-corrected chi connectivity index (χ4v) is 4.33. The van der Waals surface area contributed by atoms with E-state index in [1.807, 2.05) is 20.8 Å². The molecule has 6 heteroatoms. The van der Waals surface area contributed by atoms with Gasteiger partial charge in [-0.25, -0.2) is 9.59 Å². The molecule has 0 amide bonds. The standard InChI is InChI=1S/C20H24O6/c1-4-5-10-9-14-16(17(21)15(10)19(24)25)12-8-11(18(22)23)6-7-13(12)20(2,3)26-14/h8-9,12-13,21H,4-7H2,1-3H3,(H,22,23)(H,24,25)/t12-,13-/m1/s1. The van der Waals surface area contributed by atoms with Crippen LogP contribution in [-0.4, -0.2) is 32.9 Å². The monoisotopic (exact) mass is 360 g/mol. The molecule has 2 aliphatic rings. The van der Waals surface area contributed by atoms with E-state index in [0.29, 0.717) is 41.7 Å². The highest BCUT2D eigenvalue weighted by Crippen LogP contribution is 2.54. The number of ether oxygens (including phenoxy) is 1. The Hall–Kier alpha value is -2.50. The molecule has 1 aromatic carbocycles. The third-order valence-corrected chi connectivity index (χ3v) is 5.53. The van der Waals surface area contributed by atoms with Gasteiger partial charge in [-0.15, -0.1) is 0 Å². The third-order valence-electron chi connectivity index (χ3n) is 5.53. The van der Waals surface area contributed by atoms with Crippen molar-refractivity contribution in [1.29, 1.82) is 0 Å². The molecule has 0 radical (unpaired) electrons. The van der Waals surface area contributed by atoms with Gasteiger partial charge >= 0.3 is 11.9 Å². The van der Waals surface area contributed by atoms with Gasteiger partial charge in [0.2, 0.25) is 0 Å². The van der Waals surface area contributed by atoms with Gasteiger partial charge in [0, 0.05) is 23.0 Å². The number of benzene rings is 1. The molecule has 1 heterocycles. The summed E-state index contributed by atoms with van der Waals surface area (Å²) in [4.78, 5) is 23.2. The molecule has 0 saturated heterocycles. The van der Waals surface area contributed by atoms with Gasteiger partial charge in [0.05, 0.1) is 0 Å². The third kappa shape index (κ3) is 2.83. The van der Waals surface area contributed by atoms with Crippen LogP contribution >= 0.6 is 0 Å². The number of phenols is 1. The Morgan fingerprint density at radius 2 is 1.96 bits per heavy atom. The molecule has 26 heavy (non-hydrogen) atoms. The van der Waals surface area contributed by atoms with Crippen molar-refractivity contribution in [3.05, 3.63) is 34.4 Å². The van der Waals surface area contributed by atoms with E-state index < -0.39 is 17.5 Å². The van der Waals surface area contributed by atoms with E-state index in [9.17, 15) is 24.9 Å². The van der Waals surface area contributed by atoms with Crippen molar-refractivity contribution >= 4 is 11.9 Å². The molecular formula is C20H24O6. The first-order valence-corrected chi connectivity index (χ1v) is 8.92. The predicted octanol–water partition coefficient (Wildman–Crippen LogP) is 3.72. The van der Waals surface area contributed by atoms with Crippen LogP contribution in [0.3, 0.4) is 0 Å². The zero-order chi connectivity index (χ0) is 19.2. The molecule has 3 N–H and O–H groups in total. The van der Waals surface area contributed by atoms with Gasteiger partial charge in [-0.05, 0) is 44.7 Å². The number of carbonyl (C=O) groups is 2. The molecule has 2 atom stereocenters. The summed E-state index contributed by atoms with van der Waals surface area (Å²) in [5.74, 6) is -2.44. The summed E-state index contributed by atoms with van der Waals surface area (Å²) in [7, 11) is 0. The number of carboxylic acids is 2. The average molecular weight is 360 g/mol. The normalized spacial score (nSPS) is 23.3. The highest BCUT2D eigenvalue weighted by molar-refractivity contribution is 5.94. The first-order valence-electron chi connectivity index (χ1n) is 8.92. The van der Waals surface area contributed by atoms with Gasteiger partial charge in [0.1, 0.15) is 22.7 Å².